The molecule has 5 heteroatoms. The maximum absolute atomic E-state index is 5.45. The summed E-state index contributed by atoms with van der Waals surface area (Å²) in [6, 6.07) is 2.42. The van der Waals surface area contributed by atoms with Crippen LogP contribution in [0.1, 0.15) is 19.7 Å². The fourth-order valence-corrected chi connectivity index (χ4v) is 2.05. The summed E-state index contributed by atoms with van der Waals surface area (Å²) in [5, 5.41) is 3.42. The molecule has 0 saturated carbocycles. The second-order valence-electron chi connectivity index (χ2n) is 4.35. The normalized spacial score (nSPS) is 20.4. The molecule has 0 aliphatic carbocycles. The second-order valence-corrected chi connectivity index (χ2v) is 4.35. The van der Waals surface area contributed by atoms with Crippen molar-refractivity contribution in [1.29, 1.82) is 0 Å². The molecule has 1 fully saturated rings. The summed E-state index contributed by atoms with van der Waals surface area (Å²) in [6.07, 6.45) is 0. The summed E-state index contributed by atoms with van der Waals surface area (Å²) in [6.45, 7) is 9.63. The Morgan fingerprint density at radius 3 is 3.06 bits per heavy atom. The first-order valence-corrected chi connectivity index (χ1v) is 6.16. The van der Waals surface area contributed by atoms with E-state index in [9.17, 15) is 0 Å². The van der Waals surface area contributed by atoms with Crippen molar-refractivity contribution in [2.75, 3.05) is 31.1 Å². The van der Waals surface area contributed by atoms with Crippen LogP contribution in [0.15, 0.2) is 6.07 Å². The van der Waals surface area contributed by atoms with E-state index < -0.39 is 0 Å². The van der Waals surface area contributed by atoms with Crippen molar-refractivity contribution in [3.63, 3.8) is 0 Å². The zero-order chi connectivity index (χ0) is 12.3. The number of hydrogen-bond donors (Lipinski definition) is 1. The van der Waals surface area contributed by atoms with E-state index in [0.29, 0.717) is 18.5 Å². The minimum atomic E-state index is 0.495. The molecule has 0 spiro atoms. The van der Waals surface area contributed by atoms with Gasteiger partial charge in [0.25, 0.3) is 0 Å². The van der Waals surface area contributed by atoms with Crippen molar-refractivity contribution in [2.24, 2.45) is 0 Å². The standard InChI is InChI=1S/C12H20N4O/c1-4-17-12-7-11(14-10(3)15-12)16-6-5-13-9(2)8-16/h7,9,13H,4-6,8H2,1-3H3. The average Bonchev–Trinajstić information content (AvgIpc) is 2.28. The molecule has 1 atom stereocenters. The molecule has 0 bridgehead atoms. The van der Waals surface area contributed by atoms with Gasteiger partial charge in [0.05, 0.1) is 6.61 Å². The lowest BCUT2D eigenvalue weighted by atomic mass is 10.2. The predicted octanol–water partition coefficient (Wildman–Crippen LogP) is 0.982. The average molecular weight is 236 g/mol. The van der Waals surface area contributed by atoms with Crippen LogP contribution in [0.4, 0.5) is 5.82 Å². The van der Waals surface area contributed by atoms with Crippen LogP contribution in [0.5, 0.6) is 5.88 Å². The van der Waals surface area contributed by atoms with Crippen LogP contribution in [-0.4, -0.2) is 42.3 Å². The monoisotopic (exact) mass is 236 g/mol. The van der Waals surface area contributed by atoms with Gasteiger partial charge in [-0.1, -0.05) is 0 Å². The van der Waals surface area contributed by atoms with Crippen molar-refractivity contribution < 1.29 is 4.74 Å². The Labute approximate surface area is 102 Å². The second kappa shape index (κ2) is 5.31. The molecule has 1 aliphatic rings. The van der Waals surface area contributed by atoms with Crippen LogP contribution in [0, 0.1) is 6.92 Å². The summed E-state index contributed by atoms with van der Waals surface area (Å²) >= 11 is 0. The Hall–Kier alpha value is -1.36. The number of anilines is 1. The highest BCUT2D eigenvalue weighted by molar-refractivity contribution is 5.42. The molecule has 1 N–H and O–H groups in total. The highest BCUT2D eigenvalue weighted by Crippen LogP contribution is 2.18. The molecular weight excluding hydrogens is 216 g/mol. The molecule has 2 heterocycles. The molecule has 1 aromatic heterocycles. The van der Waals surface area contributed by atoms with Gasteiger partial charge >= 0.3 is 0 Å². The van der Waals surface area contributed by atoms with Gasteiger partial charge < -0.3 is 15.0 Å². The van der Waals surface area contributed by atoms with Gasteiger partial charge in [0.1, 0.15) is 11.6 Å². The van der Waals surface area contributed by atoms with Crippen LogP contribution in [0.2, 0.25) is 0 Å². The minimum Gasteiger partial charge on any atom is -0.478 e. The maximum Gasteiger partial charge on any atom is 0.218 e. The number of hydrogen-bond acceptors (Lipinski definition) is 5. The van der Waals surface area contributed by atoms with Crippen LogP contribution >= 0.6 is 0 Å². The highest BCUT2D eigenvalue weighted by atomic mass is 16.5. The Morgan fingerprint density at radius 1 is 1.53 bits per heavy atom. The van der Waals surface area contributed by atoms with Gasteiger partial charge in [-0.15, -0.1) is 0 Å². The van der Waals surface area contributed by atoms with Gasteiger partial charge in [-0.3, -0.25) is 0 Å². The lowest BCUT2D eigenvalue weighted by Gasteiger charge is -2.32. The SMILES string of the molecule is CCOc1cc(N2CCNC(C)C2)nc(C)n1. The summed E-state index contributed by atoms with van der Waals surface area (Å²) in [7, 11) is 0. The van der Waals surface area contributed by atoms with Gasteiger partial charge in [-0.25, -0.2) is 4.98 Å². The first-order chi connectivity index (χ1) is 8.19. The molecule has 2 rings (SSSR count). The van der Waals surface area contributed by atoms with E-state index in [1.54, 1.807) is 0 Å². The summed E-state index contributed by atoms with van der Waals surface area (Å²) in [5.41, 5.74) is 0. The van der Waals surface area contributed by atoms with Crippen molar-refractivity contribution in [3.8, 4) is 5.88 Å². The lowest BCUT2D eigenvalue weighted by Crippen LogP contribution is -2.49. The number of nitrogens with zero attached hydrogens (tertiary/aromatic N) is 3. The van der Waals surface area contributed by atoms with Crippen molar-refractivity contribution in [1.82, 2.24) is 15.3 Å². The van der Waals surface area contributed by atoms with Crippen molar-refractivity contribution >= 4 is 5.82 Å². The quantitative estimate of drug-likeness (QED) is 0.848. The highest BCUT2D eigenvalue weighted by Gasteiger charge is 2.18. The molecule has 1 saturated heterocycles. The Balaban J connectivity index is 2.18. The number of piperazine rings is 1. The Kier molecular flexibility index (Phi) is 3.78. The van der Waals surface area contributed by atoms with Gasteiger partial charge in [0.2, 0.25) is 5.88 Å². The molecule has 17 heavy (non-hydrogen) atoms. The fraction of sp³-hybridized carbons (Fsp3) is 0.667. The topological polar surface area (TPSA) is 50.3 Å². The van der Waals surface area contributed by atoms with E-state index in [1.165, 1.54) is 0 Å². The molecule has 1 unspecified atom stereocenters. The minimum absolute atomic E-state index is 0.495. The van der Waals surface area contributed by atoms with Gasteiger partial charge in [-0.2, -0.15) is 4.98 Å². The molecule has 1 aromatic rings. The third kappa shape index (κ3) is 3.06. The van der Waals surface area contributed by atoms with E-state index in [2.05, 4.69) is 27.1 Å². The largest absolute Gasteiger partial charge is 0.478 e. The van der Waals surface area contributed by atoms with Gasteiger partial charge in [0, 0.05) is 31.7 Å². The number of rotatable bonds is 3. The van der Waals surface area contributed by atoms with Crippen LogP contribution < -0.4 is 15.0 Å². The molecule has 94 valence electrons. The Morgan fingerprint density at radius 2 is 2.35 bits per heavy atom. The van der Waals surface area contributed by atoms with Crippen LogP contribution in [0.3, 0.4) is 0 Å². The first-order valence-electron chi connectivity index (χ1n) is 6.16. The zero-order valence-corrected chi connectivity index (χ0v) is 10.7. The molecule has 0 amide bonds. The first kappa shape index (κ1) is 12.1. The summed E-state index contributed by atoms with van der Waals surface area (Å²) in [5.74, 6) is 2.40. The Bertz CT molecular complexity index is 383. The third-order valence-electron chi connectivity index (χ3n) is 2.79. The van der Waals surface area contributed by atoms with Crippen LogP contribution in [-0.2, 0) is 0 Å². The van der Waals surface area contributed by atoms with Crippen molar-refractivity contribution in [3.05, 3.63) is 11.9 Å². The molecule has 0 radical (unpaired) electrons. The van der Waals surface area contributed by atoms with E-state index >= 15 is 0 Å². The van der Waals surface area contributed by atoms with Gasteiger partial charge in [0.15, 0.2) is 0 Å². The van der Waals surface area contributed by atoms with Gasteiger partial charge in [-0.05, 0) is 20.8 Å². The number of aryl methyl sites for hydroxylation is 1. The molecule has 0 aromatic carbocycles. The molecule has 1 aliphatic heterocycles. The van der Waals surface area contributed by atoms with E-state index in [4.69, 9.17) is 4.74 Å². The van der Waals surface area contributed by atoms with E-state index in [1.807, 2.05) is 19.9 Å². The molecular formula is C12H20N4O. The summed E-state index contributed by atoms with van der Waals surface area (Å²) in [4.78, 5) is 11.0. The molecule has 5 nitrogen and oxygen atoms in total. The fourth-order valence-electron chi connectivity index (χ4n) is 2.05. The van der Waals surface area contributed by atoms with E-state index in [-0.39, 0.29) is 0 Å². The van der Waals surface area contributed by atoms with Crippen molar-refractivity contribution in [2.45, 2.75) is 26.8 Å². The predicted molar refractivity (Wildman–Crippen MR) is 67.6 cm³/mol. The number of ether oxygens (including phenoxy) is 1. The number of aromatic nitrogens is 2. The third-order valence-corrected chi connectivity index (χ3v) is 2.79. The van der Waals surface area contributed by atoms with E-state index in [0.717, 1.165) is 31.3 Å². The zero-order valence-electron chi connectivity index (χ0n) is 10.7. The lowest BCUT2D eigenvalue weighted by molar-refractivity contribution is 0.325. The smallest absolute Gasteiger partial charge is 0.218 e. The van der Waals surface area contributed by atoms with Crippen LogP contribution in [0.25, 0.3) is 0 Å². The maximum atomic E-state index is 5.45. The summed E-state index contributed by atoms with van der Waals surface area (Å²) < 4.78 is 5.45. The number of nitrogens with one attached hydrogen (secondary N) is 1.